The number of thiophene rings is 1. The molecule has 0 saturated carbocycles. The van der Waals surface area contributed by atoms with Crippen LogP contribution >= 0.6 is 11.3 Å². The van der Waals surface area contributed by atoms with E-state index >= 15 is 0 Å². The smallest absolute Gasteiger partial charge is 0.191 e. The van der Waals surface area contributed by atoms with Crippen LogP contribution in [0.25, 0.3) is 0 Å². The van der Waals surface area contributed by atoms with Crippen LogP contribution in [0.1, 0.15) is 40.4 Å². The summed E-state index contributed by atoms with van der Waals surface area (Å²) in [7, 11) is 1.70. The largest absolute Gasteiger partial charge is 0.496 e. The van der Waals surface area contributed by atoms with Crippen LogP contribution < -0.4 is 15.4 Å². The summed E-state index contributed by atoms with van der Waals surface area (Å²) in [5.74, 6) is 1.71. The molecule has 1 atom stereocenters. The lowest BCUT2D eigenvalue weighted by Gasteiger charge is -2.17. The quantitative estimate of drug-likeness (QED) is 0.572. The Morgan fingerprint density at radius 3 is 2.69 bits per heavy atom. The number of ether oxygens (including phenoxy) is 1. The van der Waals surface area contributed by atoms with E-state index < -0.39 is 0 Å². The first-order chi connectivity index (χ1) is 12.4. The topological polar surface area (TPSA) is 58.5 Å². The lowest BCUT2D eigenvalue weighted by atomic mass is 10.1. The lowest BCUT2D eigenvalue weighted by molar-refractivity contribution is 0.407. The third-order valence-corrected chi connectivity index (χ3v) is 5.19. The number of methoxy groups -OCH3 is 1. The Morgan fingerprint density at radius 2 is 2.08 bits per heavy atom. The van der Waals surface area contributed by atoms with Gasteiger partial charge in [-0.05, 0) is 46.8 Å². The molecule has 26 heavy (non-hydrogen) atoms. The van der Waals surface area contributed by atoms with Crippen LogP contribution in [0.4, 0.5) is 0 Å². The first kappa shape index (κ1) is 20.2. The van der Waals surface area contributed by atoms with Crippen molar-refractivity contribution in [2.45, 2.75) is 53.6 Å². The fraction of sp³-hybridized carbons (Fsp3) is 0.500. The molecule has 0 aliphatic carbocycles. The number of aryl methyl sites for hydroxylation is 2. The zero-order chi connectivity index (χ0) is 19.1. The summed E-state index contributed by atoms with van der Waals surface area (Å²) in [6.07, 6.45) is 2.83. The summed E-state index contributed by atoms with van der Waals surface area (Å²) in [5.41, 5.74) is 3.03. The summed E-state index contributed by atoms with van der Waals surface area (Å²) < 4.78 is 5.49. The molecule has 2 heterocycles. The molecule has 1 unspecified atom stereocenters. The van der Waals surface area contributed by atoms with E-state index in [1.54, 1.807) is 7.11 Å². The molecule has 0 saturated heterocycles. The van der Waals surface area contributed by atoms with Crippen molar-refractivity contribution in [2.24, 2.45) is 4.99 Å². The van der Waals surface area contributed by atoms with Gasteiger partial charge < -0.3 is 15.4 Å². The molecule has 142 valence electrons. The second-order valence-electron chi connectivity index (χ2n) is 6.50. The third kappa shape index (κ3) is 5.46. The molecule has 0 bridgehead atoms. The van der Waals surface area contributed by atoms with Crippen LogP contribution in [-0.2, 0) is 13.0 Å². The highest BCUT2D eigenvalue weighted by Crippen LogP contribution is 2.24. The maximum Gasteiger partial charge on any atom is 0.191 e. The van der Waals surface area contributed by atoms with Gasteiger partial charge in [-0.1, -0.05) is 0 Å². The van der Waals surface area contributed by atoms with Crippen LogP contribution in [0.5, 0.6) is 5.75 Å². The van der Waals surface area contributed by atoms with E-state index in [1.165, 1.54) is 9.75 Å². The average Bonchev–Trinajstić information content (AvgIpc) is 2.99. The number of aliphatic imine (C=N–C) groups is 1. The van der Waals surface area contributed by atoms with Crippen molar-refractivity contribution in [3.05, 3.63) is 44.9 Å². The predicted octanol–water partition coefficient (Wildman–Crippen LogP) is 3.76. The van der Waals surface area contributed by atoms with Gasteiger partial charge in [0.15, 0.2) is 5.96 Å². The molecule has 0 fully saturated rings. The number of pyridine rings is 1. The molecule has 2 N–H and O–H groups in total. The maximum absolute atomic E-state index is 5.49. The van der Waals surface area contributed by atoms with E-state index in [-0.39, 0.29) is 0 Å². The van der Waals surface area contributed by atoms with E-state index in [1.807, 2.05) is 31.4 Å². The lowest BCUT2D eigenvalue weighted by Crippen LogP contribution is -2.43. The van der Waals surface area contributed by atoms with Gasteiger partial charge in [-0.15, -0.1) is 11.3 Å². The third-order valence-electron chi connectivity index (χ3n) is 4.17. The Labute approximate surface area is 160 Å². The minimum absolute atomic E-state index is 0.299. The van der Waals surface area contributed by atoms with Crippen molar-refractivity contribution in [2.75, 3.05) is 13.7 Å². The standard InChI is InChI=1S/C20H30N4OS/c1-7-21-20(24-14(3)10-17-9-8-15(4)26-17)23-12-18-16(5)19(25-6)13(2)11-22-18/h8-9,11,14H,7,10,12H2,1-6H3,(H2,21,23,24). The summed E-state index contributed by atoms with van der Waals surface area (Å²) in [6.45, 7) is 11.8. The predicted molar refractivity (Wildman–Crippen MR) is 110 cm³/mol. The normalized spacial score (nSPS) is 12.8. The highest BCUT2D eigenvalue weighted by molar-refractivity contribution is 7.11. The number of aromatic nitrogens is 1. The number of rotatable bonds is 7. The zero-order valence-electron chi connectivity index (χ0n) is 16.6. The monoisotopic (exact) mass is 374 g/mol. The molecule has 2 rings (SSSR count). The van der Waals surface area contributed by atoms with Crippen molar-refractivity contribution in [3.63, 3.8) is 0 Å². The summed E-state index contributed by atoms with van der Waals surface area (Å²) in [6, 6.07) is 4.67. The molecule has 0 aliphatic heterocycles. The minimum Gasteiger partial charge on any atom is -0.496 e. The SMILES string of the molecule is CCNC(=NCc1ncc(C)c(OC)c1C)NC(C)Cc1ccc(C)s1. The number of guanidine groups is 1. The number of nitrogens with zero attached hydrogens (tertiary/aromatic N) is 2. The Morgan fingerprint density at radius 1 is 1.31 bits per heavy atom. The van der Waals surface area contributed by atoms with E-state index in [2.05, 4.69) is 48.5 Å². The van der Waals surface area contributed by atoms with Gasteiger partial charge in [0.1, 0.15) is 5.75 Å². The first-order valence-corrected chi connectivity index (χ1v) is 9.85. The van der Waals surface area contributed by atoms with Gasteiger partial charge in [-0.2, -0.15) is 0 Å². The van der Waals surface area contributed by atoms with Crippen LogP contribution in [0.3, 0.4) is 0 Å². The highest BCUT2D eigenvalue weighted by atomic mass is 32.1. The van der Waals surface area contributed by atoms with Crippen molar-refractivity contribution in [1.29, 1.82) is 0 Å². The molecule has 0 aromatic carbocycles. The molecule has 0 spiro atoms. The average molecular weight is 375 g/mol. The van der Waals surface area contributed by atoms with Gasteiger partial charge in [0.2, 0.25) is 0 Å². The highest BCUT2D eigenvalue weighted by Gasteiger charge is 2.11. The number of hydrogen-bond acceptors (Lipinski definition) is 4. The van der Waals surface area contributed by atoms with Gasteiger partial charge in [-0.25, -0.2) is 4.99 Å². The van der Waals surface area contributed by atoms with Crippen molar-refractivity contribution in [3.8, 4) is 5.75 Å². The van der Waals surface area contributed by atoms with E-state index in [9.17, 15) is 0 Å². The fourth-order valence-electron chi connectivity index (χ4n) is 2.89. The van der Waals surface area contributed by atoms with Gasteiger partial charge in [0, 0.05) is 46.1 Å². The van der Waals surface area contributed by atoms with Crippen molar-refractivity contribution in [1.82, 2.24) is 15.6 Å². The van der Waals surface area contributed by atoms with Crippen LogP contribution in [0.2, 0.25) is 0 Å². The molecule has 0 radical (unpaired) electrons. The zero-order valence-corrected chi connectivity index (χ0v) is 17.5. The molecular formula is C20H30N4OS. The maximum atomic E-state index is 5.49. The van der Waals surface area contributed by atoms with Gasteiger partial charge in [0.25, 0.3) is 0 Å². The summed E-state index contributed by atoms with van der Waals surface area (Å²) in [5, 5.41) is 6.81. The van der Waals surface area contributed by atoms with Crippen LogP contribution in [0.15, 0.2) is 23.3 Å². The van der Waals surface area contributed by atoms with Crippen LogP contribution in [-0.4, -0.2) is 30.6 Å². The summed E-state index contributed by atoms with van der Waals surface area (Å²) in [4.78, 5) is 12.0. The van der Waals surface area contributed by atoms with Crippen molar-refractivity contribution < 1.29 is 4.74 Å². The van der Waals surface area contributed by atoms with Crippen LogP contribution in [0, 0.1) is 20.8 Å². The second kappa shape index (κ2) is 9.57. The molecule has 2 aromatic heterocycles. The Kier molecular flexibility index (Phi) is 7.45. The molecular weight excluding hydrogens is 344 g/mol. The minimum atomic E-state index is 0.299. The second-order valence-corrected chi connectivity index (χ2v) is 7.88. The van der Waals surface area contributed by atoms with Gasteiger partial charge >= 0.3 is 0 Å². The fourth-order valence-corrected chi connectivity index (χ4v) is 3.90. The molecule has 6 heteroatoms. The van der Waals surface area contributed by atoms with E-state index in [0.29, 0.717) is 12.6 Å². The molecule has 0 amide bonds. The summed E-state index contributed by atoms with van der Waals surface area (Å²) >= 11 is 1.85. The number of hydrogen-bond donors (Lipinski definition) is 2. The van der Waals surface area contributed by atoms with Gasteiger partial charge in [0.05, 0.1) is 19.3 Å². The Hall–Kier alpha value is -2.08. The van der Waals surface area contributed by atoms with E-state index in [4.69, 9.17) is 9.73 Å². The number of nitrogens with one attached hydrogen (secondary N) is 2. The molecule has 2 aromatic rings. The first-order valence-electron chi connectivity index (χ1n) is 9.03. The Balaban J connectivity index is 2.06. The molecule has 0 aliphatic rings. The van der Waals surface area contributed by atoms with E-state index in [0.717, 1.165) is 41.5 Å². The molecule has 5 nitrogen and oxygen atoms in total. The van der Waals surface area contributed by atoms with Crippen molar-refractivity contribution >= 4 is 17.3 Å². The Bertz CT molecular complexity index is 754. The van der Waals surface area contributed by atoms with Gasteiger partial charge in [-0.3, -0.25) is 4.98 Å².